The van der Waals surface area contributed by atoms with Gasteiger partial charge in [0.15, 0.2) is 6.10 Å². The van der Waals surface area contributed by atoms with Crippen molar-refractivity contribution in [2.45, 2.75) is 322 Å². The lowest BCUT2D eigenvalue weighted by Gasteiger charge is -2.21. The van der Waals surface area contributed by atoms with E-state index in [1.807, 2.05) is 18.2 Å². The molecule has 0 rings (SSSR count). The Morgan fingerprint density at radius 1 is 0.271 bits per heavy atom. The summed E-state index contributed by atoms with van der Waals surface area (Å²) in [4.78, 5) is 58.7. The summed E-state index contributed by atoms with van der Waals surface area (Å²) in [6, 6.07) is 0. The van der Waals surface area contributed by atoms with E-state index in [9.17, 15) is 43.5 Å². The molecule has 0 bridgehead atoms. The Morgan fingerprint density at radius 2 is 0.514 bits per heavy atom. The zero-order valence-electron chi connectivity index (χ0n) is 66.5. The summed E-state index contributed by atoms with van der Waals surface area (Å²) >= 11 is 0. The van der Waals surface area contributed by atoms with E-state index in [1.54, 1.807) is 0 Å². The summed E-state index contributed by atoms with van der Waals surface area (Å²) in [5.74, 6) is -1.69. The molecule has 0 spiro atoms. The van der Waals surface area contributed by atoms with Crippen molar-refractivity contribution in [2.75, 3.05) is 39.6 Å². The lowest BCUT2D eigenvalue weighted by Crippen LogP contribution is -2.29. The molecule has 0 radical (unpaired) electrons. The van der Waals surface area contributed by atoms with Crippen molar-refractivity contribution in [3.63, 3.8) is 0 Å². The summed E-state index contributed by atoms with van der Waals surface area (Å²) in [6.45, 7) is 2.32. The highest BCUT2D eigenvalue weighted by Gasteiger charge is 2.29. The smallest absolute Gasteiger partial charge is 0.463 e. The lowest BCUT2D eigenvalue weighted by atomic mass is 10.0. The summed E-state index contributed by atoms with van der Waals surface area (Å²) in [6.07, 6.45) is 104. The fourth-order valence-corrected chi connectivity index (χ4v) is 12.0. The van der Waals surface area contributed by atoms with Crippen LogP contribution in [0, 0.1) is 0 Å². The normalized spacial score (nSPS) is 14.9. The number of unbranched alkanes of at least 4 members (excludes halogenated alkanes) is 23. The standard InChI is InChI=1S/C89H146O16P2/c1-4-7-10-13-16-19-22-25-28-31-34-36-38-40-41-43-45-46-49-51-54-57-60-63-66-69-72-75-87(92)99-78-84(90)79-101-106(95,96)102-80-85(91)81-103-107(97,98)104-83-86(105-89(94)77-74-71-68-65-62-59-56-53-48-33-30-27-24-21-18-15-12-9-6-3)82-100-88(93)76-73-70-67-64-61-58-55-52-50-47-44-42-39-37-35-32-29-26-23-20-17-14-11-8-5-2/h8-9,11-12,16-21,25-30,34-37,40-42,44,48,53,59,62,68,71,84-86,90-91H,4-7,10,13-15,22-24,31-33,38-39,43,45-47,49-52,54-58,60-61,63-67,69-70,72-83H2,1-3H3,(H,95,96)(H,97,98)/b11-8-,12-9-,19-16-,20-17-,21-18-,28-25-,29-26-,30-27-,36-34-,37-35-,41-40-,44-42-,53-48-,62-59-,71-68-. The molecule has 5 atom stereocenters. The van der Waals surface area contributed by atoms with Crippen molar-refractivity contribution >= 4 is 33.6 Å². The third-order valence-electron chi connectivity index (χ3n) is 16.6. The molecule has 0 saturated heterocycles. The van der Waals surface area contributed by atoms with E-state index in [0.29, 0.717) is 25.7 Å². The average molecular weight is 1530 g/mol. The molecule has 0 aliphatic heterocycles. The topological polar surface area (TPSA) is 231 Å². The number of hydrogen-bond donors (Lipinski definition) is 4. The van der Waals surface area contributed by atoms with Crippen LogP contribution in [0.25, 0.3) is 0 Å². The van der Waals surface area contributed by atoms with Crippen LogP contribution < -0.4 is 0 Å². The van der Waals surface area contributed by atoms with E-state index in [2.05, 4.69) is 185 Å². The first kappa shape index (κ1) is 102. The molecular formula is C89H146O16P2. The number of hydrogen-bond acceptors (Lipinski definition) is 14. The Labute approximate surface area is 649 Å². The molecule has 0 aromatic rings. The maximum absolute atomic E-state index is 13.0. The summed E-state index contributed by atoms with van der Waals surface area (Å²) < 4.78 is 61.1. The van der Waals surface area contributed by atoms with Crippen LogP contribution in [-0.2, 0) is 55.8 Å². The van der Waals surface area contributed by atoms with Gasteiger partial charge < -0.3 is 34.2 Å². The zero-order chi connectivity index (χ0) is 78.0. The van der Waals surface area contributed by atoms with E-state index in [4.69, 9.17) is 32.3 Å². The summed E-state index contributed by atoms with van der Waals surface area (Å²) in [5, 5.41) is 20.7. The largest absolute Gasteiger partial charge is 0.472 e. The van der Waals surface area contributed by atoms with Crippen LogP contribution in [0.2, 0.25) is 0 Å². The van der Waals surface area contributed by atoms with Gasteiger partial charge >= 0.3 is 33.6 Å². The molecule has 18 heteroatoms. The van der Waals surface area contributed by atoms with Gasteiger partial charge in [0.25, 0.3) is 0 Å². The number of aliphatic hydroxyl groups is 2. The first-order chi connectivity index (χ1) is 52.2. The van der Waals surface area contributed by atoms with Gasteiger partial charge in [-0.1, -0.05) is 319 Å². The van der Waals surface area contributed by atoms with Gasteiger partial charge in [-0.25, -0.2) is 9.13 Å². The molecule has 0 aliphatic rings. The molecule has 0 amide bonds. The molecule has 107 heavy (non-hydrogen) atoms. The van der Waals surface area contributed by atoms with Gasteiger partial charge in [-0.2, -0.15) is 0 Å². The lowest BCUT2D eigenvalue weighted by molar-refractivity contribution is -0.161. The van der Waals surface area contributed by atoms with Crippen molar-refractivity contribution in [1.82, 2.24) is 0 Å². The predicted molar refractivity (Wildman–Crippen MR) is 445 cm³/mol. The first-order valence-corrected chi connectivity index (χ1v) is 44.1. The molecular weight excluding hydrogens is 1390 g/mol. The molecule has 4 N–H and O–H groups in total. The van der Waals surface area contributed by atoms with Crippen molar-refractivity contribution in [1.29, 1.82) is 0 Å². The van der Waals surface area contributed by atoms with E-state index >= 15 is 0 Å². The van der Waals surface area contributed by atoms with Gasteiger partial charge in [-0.3, -0.25) is 32.5 Å². The number of ether oxygens (including phenoxy) is 3. The number of phosphoric ester groups is 2. The highest BCUT2D eigenvalue weighted by atomic mass is 31.2. The molecule has 0 heterocycles. The number of esters is 3. The molecule has 5 unspecified atom stereocenters. The van der Waals surface area contributed by atoms with Gasteiger partial charge in [0.05, 0.1) is 26.4 Å². The second-order valence-corrected chi connectivity index (χ2v) is 29.7. The van der Waals surface area contributed by atoms with E-state index < -0.39 is 91.5 Å². The van der Waals surface area contributed by atoms with Crippen molar-refractivity contribution < 1.29 is 75.8 Å². The van der Waals surface area contributed by atoms with E-state index in [0.717, 1.165) is 141 Å². The Hall–Kier alpha value is -5.35. The Balaban J connectivity index is 4.70. The second kappa shape index (κ2) is 80.2. The van der Waals surface area contributed by atoms with Crippen molar-refractivity contribution in [2.24, 2.45) is 0 Å². The molecule has 0 aromatic carbocycles. The fourth-order valence-electron chi connectivity index (χ4n) is 10.4. The Kier molecular flexibility index (Phi) is 76.2. The highest BCUT2D eigenvalue weighted by Crippen LogP contribution is 2.45. The number of allylic oxidation sites excluding steroid dienone is 30. The minimum absolute atomic E-state index is 0.0288. The van der Waals surface area contributed by atoms with E-state index in [1.165, 1.54) is 96.3 Å². The Bertz CT molecular complexity index is 2670. The number of aliphatic hydroxyl groups excluding tert-OH is 2. The fraction of sp³-hybridized carbons (Fsp3) is 0.629. The van der Waals surface area contributed by atoms with Crippen LogP contribution in [-0.4, -0.2) is 95.9 Å². The maximum Gasteiger partial charge on any atom is 0.472 e. The average Bonchev–Trinajstić information content (AvgIpc) is 0.942. The first-order valence-electron chi connectivity index (χ1n) is 41.1. The van der Waals surface area contributed by atoms with Gasteiger partial charge in [-0.15, -0.1) is 0 Å². The minimum atomic E-state index is -4.96. The summed E-state index contributed by atoms with van der Waals surface area (Å²) in [5.41, 5.74) is 0. The van der Waals surface area contributed by atoms with Gasteiger partial charge in [0, 0.05) is 19.3 Å². The quantitative estimate of drug-likeness (QED) is 0.0146. The number of phosphoric acid groups is 2. The SMILES string of the molecule is CC/C=C\C/C=C\C/C=C\C/C=C\C/C=C\C/C=C\CCC(=O)OC(COC(=O)CCCCCCCCCCC/C=C\C/C=C\C/C=C\C/C=C\C/C=C\CC)COP(=O)(O)OCC(O)COP(=O)(O)OCC(O)COC(=O)CCCCCCCCCCCCC/C=C\C/C=C\C/C=C\C/C=C\CCCCC. The van der Waals surface area contributed by atoms with Crippen molar-refractivity contribution in [3.8, 4) is 0 Å². The molecule has 0 fully saturated rings. The minimum Gasteiger partial charge on any atom is -0.463 e. The molecule has 608 valence electrons. The van der Waals surface area contributed by atoms with Crippen LogP contribution in [0.15, 0.2) is 182 Å². The third kappa shape index (κ3) is 81.5. The summed E-state index contributed by atoms with van der Waals surface area (Å²) in [7, 11) is -9.84. The van der Waals surface area contributed by atoms with Crippen molar-refractivity contribution in [3.05, 3.63) is 182 Å². The van der Waals surface area contributed by atoms with Gasteiger partial charge in [0.1, 0.15) is 25.4 Å². The second-order valence-electron chi connectivity index (χ2n) is 26.8. The molecule has 0 aromatic heterocycles. The highest BCUT2D eigenvalue weighted by molar-refractivity contribution is 7.47. The van der Waals surface area contributed by atoms with Crippen LogP contribution >= 0.6 is 15.6 Å². The van der Waals surface area contributed by atoms with Crippen LogP contribution in [0.3, 0.4) is 0 Å². The maximum atomic E-state index is 13.0. The number of rotatable bonds is 76. The van der Waals surface area contributed by atoms with Gasteiger partial charge in [0.2, 0.25) is 0 Å². The van der Waals surface area contributed by atoms with E-state index in [-0.39, 0.29) is 19.3 Å². The monoisotopic (exact) mass is 1530 g/mol. The number of carbonyl (C=O) groups excluding carboxylic acids is 3. The van der Waals surface area contributed by atoms with Gasteiger partial charge in [-0.05, 0) is 148 Å². The van der Waals surface area contributed by atoms with Crippen LogP contribution in [0.4, 0.5) is 0 Å². The molecule has 0 saturated carbocycles. The third-order valence-corrected chi connectivity index (χ3v) is 18.5. The zero-order valence-corrected chi connectivity index (χ0v) is 68.3. The van der Waals surface area contributed by atoms with Crippen LogP contribution in [0.5, 0.6) is 0 Å². The Morgan fingerprint density at radius 3 is 0.822 bits per heavy atom. The molecule has 16 nitrogen and oxygen atoms in total. The molecule has 0 aliphatic carbocycles. The predicted octanol–water partition coefficient (Wildman–Crippen LogP) is 24.5. The van der Waals surface area contributed by atoms with Crippen LogP contribution in [0.1, 0.15) is 303 Å². The number of carbonyl (C=O) groups is 3.